The average Bonchev–Trinajstić information content (AvgIpc) is 2.25. The van der Waals surface area contributed by atoms with E-state index in [1.807, 2.05) is 0 Å². The van der Waals surface area contributed by atoms with Crippen molar-refractivity contribution in [3.8, 4) is 0 Å². The van der Waals surface area contributed by atoms with Crippen LogP contribution in [0.5, 0.6) is 0 Å². The third kappa shape index (κ3) is 2.99. The highest BCUT2D eigenvalue weighted by Gasteiger charge is 2.30. The van der Waals surface area contributed by atoms with Crippen molar-refractivity contribution in [1.82, 2.24) is 9.29 Å². The second-order valence-electron chi connectivity index (χ2n) is 3.72. The Morgan fingerprint density at radius 2 is 2.18 bits per heavy atom. The van der Waals surface area contributed by atoms with Gasteiger partial charge in [0, 0.05) is 18.8 Å². The smallest absolute Gasteiger partial charge is 0.263 e. The molecule has 1 aromatic rings. The van der Waals surface area contributed by atoms with Crippen molar-refractivity contribution < 1.29 is 17.9 Å². The minimum Gasteiger partial charge on any atom is -0.395 e. The van der Waals surface area contributed by atoms with E-state index >= 15 is 0 Å². The van der Waals surface area contributed by atoms with Crippen LogP contribution >= 0.6 is 0 Å². The first-order valence-corrected chi connectivity index (χ1v) is 6.58. The number of aliphatic hydroxyl groups is 1. The Morgan fingerprint density at radius 1 is 1.53 bits per heavy atom. The monoisotopic (exact) mass is 262 g/mol. The highest BCUT2D eigenvalue weighted by Crippen LogP contribution is 2.18. The molecule has 0 amide bonds. The lowest BCUT2D eigenvalue weighted by atomic mass is 10.4. The lowest BCUT2D eigenvalue weighted by molar-refractivity contribution is 0.236. The number of rotatable bonds is 5. The molecule has 7 heteroatoms. The third-order valence-corrected chi connectivity index (χ3v) is 4.18. The van der Waals surface area contributed by atoms with Crippen LogP contribution in [-0.4, -0.2) is 42.0 Å². The van der Waals surface area contributed by atoms with E-state index in [9.17, 15) is 12.8 Å². The van der Waals surface area contributed by atoms with Gasteiger partial charge in [0.1, 0.15) is 0 Å². The molecule has 1 heterocycles. The molecule has 0 aliphatic heterocycles. The number of hydrogen-bond acceptors (Lipinski definition) is 4. The molecule has 0 aliphatic carbocycles. The minimum atomic E-state index is -4.01. The maximum atomic E-state index is 13.4. The molecule has 5 nitrogen and oxygen atoms in total. The number of aliphatic hydroxyl groups excluding tert-OH is 1. The van der Waals surface area contributed by atoms with Crippen LogP contribution in [0, 0.1) is 5.82 Å². The van der Waals surface area contributed by atoms with E-state index in [2.05, 4.69) is 4.98 Å². The summed E-state index contributed by atoms with van der Waals surface area (Å²) >= 11 is 0. The number of halogens is 1. The summed E-state index contributed by atoms with van der Waals surface area (Å²) in [6, 6.07) is 1.98. The number of aromatic nitrogens is 1. The molecular formula is C10H15FN2O3S. The molecule has 1 rings (SSSR count). The maximum absolute atomic E-state index is 13.4. The largest absolute Gasteiger partial charge is 0.395 e. The Labute approximate surface area is 100.0 Å². The fraction of sp³-hybridized carbons (Fsp3) is 0.500. The van der Waals surface area contributed by atoms with Gasteiger partial charge in [-0.05, 0) is 26.0 Å². The average molecular weight is 262 g/mol. The van der Waals surface area contributed by atoms with Gasteiger partial charge in [-0.3, -0.25) is 0 Å². The fourth-order valence-electron chi connectivity index (χ4n) is 1.43. The Kier molecular flexibility index (Phi) is 4.55. The SMILES string of the molecule is CC(C)N(CCO)S(=O)(=O)c1ncccc1F. The molecule has 0 unspecified atom stereocenters. The van der Waals surface area contributed by atoms with Crippen molar-refractivity contribution in [3.05, 3.63) is 24.1 Å². The molecule has 96 valence electrons. The highest BCUT2D eigenvalue weighted by molar-refractivity contribution is 7.89. The normalized spacial score (nSPS) is 12.4. The second-order valence-corrected chi connectivity index (χ2v) is 5.53. The predicted octanol–water partition coefficient (Wildman–Crippen LogP) is 0.612. The second kappa shape index (κ2) is 5.52. The molecule has 0 bridgehead atoms. The van der Waals surface area contributed by atoms with Gasteiger partial charge in [0.15, 0.2) is 5.82 Å². The number of sulfonamides is 1. The number of nitrogens with zero attached hydrogens (tertiary/aromatic N) is 2. The van der Waals surface area contributed by atoms with E-state index in [1.165, 1.54) is 12.3 Å². The van der Waals surface area contributed by atoms with Gasteiger partial charge in [0.2, 0.25) is 5.03 Å². The van der Waals surface area contributed by atoms with Gasteiger partial charge in [-0.2, -0.15) is 4.31 Å². The number of hydrogen-bond donors (Lipinski definition) is 1. The number of pyridine rings is 1. The van der Waals surface area contributed by atoms with Crippen molar-refractivity contribution in [2.24, 2.45) is 0 Å². The first-order valence-electron chi connectivity index (χ1n) is 5.14. The van der Waals surface area contributed by atoms with Crippen molar-refractivity contribution in [2.75, 3.05) is 13.2 Å². The van der Waals surface area contributed by atoms with Crippen LogP contribution in [0.15, 0.2) is 23.4 Å². The zero-order chi connectivity index (χ0) is 13.1. The van der Waals surface area contributed by atoms with Gasteiger partial charge < -0.3 is 5.11 Å². The topological polar surface area (TPSA) is 70.5 Å². The first-order chi connectivity index (χ1) is 7.91. The van der Waals surface area contributed by atoms with E-state index in [0.29, 0.717) is 0 Å². The van der Waals surface area contributed by atoms with E-state index in [0.717, 1.165) is 10.4 Å². The van der Waals surface area contributed by atoms with Gasteiger partial charge in [0.25, 0.3) is 10.0 Å². The summed E-state index contributed by atoms with van der Waals surface area (Å²) < 4.78 is 38.6. The van der Waals surface area contributed by atoms with Crippen molar-refractivity contribution in [3.63, 3.8) is 0 Å². The van der Waals surface area contributed by atoms with Crippen LogP contribution in [0.2, 0.25) is 0 Å². The lowest BCUT2D eigenvalue weighted by Crippen LogP contribution is -2.39. The zero-order valence-electron chi connectivity index (χ0n) is 9.67. The first kappa shape index (κ1) is 14.0. The Balaban J connectivity index is 3.22. The quantitative estimate of drug-likeness (QED) is 0.844. The van der Waals surface area contributed by atoms with Crippen LogP contribution in [-0.2, 0) is 10.0 Å². The zero-order valence-corrected chi connectivity index (χ0v) is 10.5. The summed E-state index contributed by atoms with van der Waals surface area (Å²) in [6.45, 7) is 2.88. The Hall–Kier alpha value is -1.05. The van der Waals surface area contributed by atoms with Gasteiger partial charge in [-0.25, -0.2) is 17.8 Å². The van der Waals surface area contributed by atoms with Crippen molar-refractivity contribution >= 4 is 10.0 Å². The van der Waals surface area contributed by atoms with Gasteiger partial charge in [0.05, 0.1) is 6.61 Å². The van der Waals surface area contributed by atoms with Crippen molar-refractivity contribution in [2.45, 2.75) is 24.9 Å². The Morgan fingerprint density at radius 3 is 2.65 bits per heavy atom. The lowest BCUT2D eigenvalue weighted by Gasteiger charge is -2.24. The summed E-state index contributed by atoms with van der Waals surface area (Å²) in [5.74, 6) is -0.893. The van der Waals surface area contributed by atoms with E-state index in [-0.39, 0.29) is 19.2 Å². The molecule has 0 spiro atoms. The highest BCUT2D eigenvalue weighted by atomic mass is 32.2. The van der Waals surface area contributed by atoms with Crippen LogP contribution in [0.25, 0.3) is 0 Å². The van der Waals surface area contributed by atoms with Crippen LogP contribution in [0.3, 0.4) is 0 Å². The molecule has 0 fully saturated rings. The summed E-state index contributed by atoms with van der Waals surface area (Å²) in [5.41, 5.74) is 0. The molecule has 0 radical (unpaired) electrons. The van der Waals surface area contributed by atoms with Crippen LogP contribution < -0.4 is 0 Å². The molecule has 0 aliphatic rings. The molecule has 0 saturated heterocycles. The van der Waals surface area contributed by atoms with E-state index in [4.69, 9.17) is 5.11 Å². The molecule has 0 aromatic carbocycles. The minimum absolute atomic E-state index is 0.0873. The summed E-state index contributed by atoms with van der Waals surface area (Å²) in [7, 11) is -4.01. The maximum Gasteiger partial charge on any atom is 0.263 e. The van der Waals surface area contributed by atoms with E-state index < -0.39 is 20.9 Å². The molecule has 1 N–H and O–H groups in total. The molecule has 0 saturated carbocycles. The molecule has 0 atom stereocenters. The van der Waals surface area contributed by atoms with Gasteiger partial charge >= 0.3 is 0 Å². The third-order valence-electron chi connectivity index (χ3n) is 2.17. The predicted molar refractivity (Wildman–Crippen MR) is 60.3 cm³/mol. The summed E-state index contributed by atoms with van der Waals surface area (Å²) in [4.78, 5) is 3.55. The molecule has 1 aromatic heterocycles. The molecule has 17 heavy (non-hydrogen) atoms. The van der Waals surface area contributed by atoms with Gasteiger partial charge in [-0.15, -0.1) is 0 Å². The van der Waals surface area contributed by atoms with Crippen LogP contribution in [0.1, 0.15) is 13.8 Å². The van der Waals surface area contributed by atoms with Crippen molar-refractivity contribution in [1.29, 1.82) is 0 Å². The Bertz CT molecular complexity index is 476. The molecular weight excluding hydrogens is 247 g/mol. The van der Waals surface area contributed by atoms with E-state index in [1.54, 1.807) is 13.8 Å². The summed E-state index contributed by atoms with van der Waals surface area (Å²) in [5, 5.41) is 8.24. The van der Waals surface area contributed by atoms with Gasteiger partial charge in [-0.1, -0.05) is 0 Å². The standard InChI is InChI=1S/C10H15FN2O3S/c1-8(2)13(6-7-14)17(15,16)10-9(11)4-3-5-12-10/h3-5,8,14H,6-7H2,1-2H3. The van der Waals surface area contributed by atoms with Crippen LogP contribution in [0.4, 0.5) is 4.39 Å². The summed E-state index contributed by atoms with van der Waals surface area (Å²) in [6.07, 6.45) is 1.22. The fourth-order valence-corrected chi connectivity index (χ4v) is 3.03.